The molecule has 5 aliphatic rings. The molecule has 5 nitrogen and oxygen atoms in total. The Labute approximate surface area is 159 Å². The number of hydrogen-bond acceptors (Lipinski definition) is 3. The molecule has 0 aromatic heterocycles. The third-order valence-corrected chi connectivity index (χ3v) is 7.68. The van der Waals surface area contributed by atoms with Crippen LogP contribution in [0, 0.1) is 24.7 Å². The lowest BCUT2D eigenvalue weighted by Gasteiger charge is -2.43. The summed E-state index contributed by atoms with van der Waals surface area (Å²) in [5.41, 5.74) is 4.20. The number of amides is 2. The van der Waals surface area contributed by atoms with Gasteiger partial charge in [-0.15, -0.1) is 0 Å². The van der Waals surface area contributed by atoms with Crippen LogP contribution in [0.15, 0.2) is 18.2 Å². The zero-order valence-electron chi connectivity index (χ0n) is 15.7. The molecule has 0 radical (unpaired) electrons. The van der Waals surface area contributed by atoms with E-state index in [1.54, 1.807) is 0 Å². The minimum atomic E-state index is -0.339. The van der Waals surface area contributed by atoms with Crippen molar-refractivity contribution in [1.29, 1.82) is 0 Å². The first-order chi connectivity index (χ1) is 13.0. The fourth-order valence-electron chi connectivity index (χ4n) is 5.94. The van der Waals surface area contributed by atoms with Gasteiger partial charge in [0.25, 0.3) is 0 Å². The van der Waals surface area contributed by atoms with Crippen LogP contribution in [-0.4, -0.2) is 42.1 Å². The molecule has 1 spiro atoms. The van der Waals surface area contributed by atoms with Crippen molar-refractivity contribution in [2.24, 2.45) is 17.8 Å². The lowest BCUT2D eigenvalue weighted by molar-refractivity contribution is -0.140. The van der Waals surface area contributed by atoms with Gasteiger partial charge >= 0.3 is 6.09 Å². The van der Waals surface area contributed by atoms with E-state index in [0.29, 0.717) is 24.4 Å². The Bertz CT molecular complexity index is 828. The van der Waals surface area contributed by atoms with Crippen LogP contribution in [0.2, 0.25) is 0 Å². The molecule has 1 N–H and O–H groups in total. The molecule has 2 amide bonds. The van der Waals surface area contributed by atoms with Gasteiger partial charge in [0.15, 0.2) is 0 Å². The second-order valence-electron chi connectivity index (χ2n) is 9.57. The summed E-state index contributed by atoms with van der Waals surface area (Å²) in [6, 6.07) is 7.09. The van der Waals surface area contributed by atoms with Crippen molar-refractivity contribution in [3.05, 3.63) is 34.9 Å². The lowest BCUT2D eigenvalue weighted by atomic mass is 9.68. The number of alkyl carbamates (subject to hydrolysis) is 1. The third kappa shape index (κ3) is 2.43. The smallest absolute Gasteiger partial charge is 0.407 e. The van der Waals surface area contributed by atoms with Crippen LogP contribution >= 0.6 is 0 Å². The second kappa shape index (κ2) is 5.27. The molecule has 3 atom stereocenters. The maximum atomic E-state index is 12.8. The first-order valence-electron chi connectivity index (χ1n) is 10.4. The number of ether oxygens (including phenoxy) is 1. The molecule has 5 heteroatoms. The largest absolute Gasteiger partial charge is 0.447 e. The van der Waals surface area contributed by atoms with Crippen molar-refractivity contribution < 1.29 is 14.3 Å². The van der Waals surface area contributed by atoms with Crippen molar-refractivity contribution in [2.75, 3.05) is 19.7 Å². The predicted molar refractivity (Wildman–Crippen MR) is 99.4 cm³/mol. The molecule has 2 aliphatic heterocycles. The molecule has 2 heterocycles. The Morgan fingerprint density at radius 3 is 2.56 bits per heavy atom. The van der Waals surface area contributed by atoms with E-state index in [0.717, 1.165) is 31.8 Å². The van der Waals surface area contributed by atoms with E-state index in [1.807, 2.05) is 0 Å². The number of likely N-dealkylation sites (tertiary alicyclic amines) is 1. The Hall–Kier alpha value is -2.04. The van der Waals surface area contributed by atoms with Crippen molar-refractivity contribution in [3.63, 3.8) is 0 Å². The molecule has 3 aliphatic carbocycles. The van der Waals surface area contributed by atoms with Crippen LogP contribution in [0.3, 0.4) is 0 Å². The zero-order valence-corrected chi connectivity index (χ0v) is 15.7. The normalized spacial score (nSPS) is 39.0. The molecule has 6 rings (SSSR count). The van der Waals surface area contributed by atoms with Gasteiger partial charge in [-0.25, -0.2) is 4.79 Å². The molecule has 27 heavy (non-hydrogen) atoms. The van der Waals surface area contributed by atoms with Crippen LogP contribution in [0.5, 0.6) is 0 Å². The molecule has 2 saturated heterocycles. The number of piperidine rings is 1. The fraction of sp³-hybridized carbons (Fsp3) is 0.636. The van der Waals surface area contributed by atoms with E-state index in [1.165, 1.54) is 29.5 Å². The van der Waals surface area contributed by atoms with Gasteiger partial charge in [-0.05, 0) is 73.0 Å². The van der Waals surface area contributed by atoms with Gasteiger partial charge in [-0.1, -0.05) is 18.2 Å². The minimum absolute atomic E-state index is 0.0579. The molecule has 3 saturated carbocycles. The number of benzene rings is 1. The average Bonchev–Trinajstić information content (AvgIpc) is 3.50. The second-order valence-corrected chi connectivity index (χ2v) is 9.57. The Morgan fingerprint density at radius 1 is 1.22 bits per heavy atom. The van der Waals surface area contributed by atoms with Crippen LogP contribution in [0.25, 0.3) is 0 Å². The molecular weight excluding hydrogens is 340 g/mol. The summed E-state index contributed by atoms with van der Waals surface area (Å²) in [4.78, 5) is 26.2. The number of nitrogens with one attached hydrogen (secondary N) is 1. The summed E-state index contributed by atoms with van der Waals surface area (Å²) in [5, 5.41) is 2.88. The highest BCUT2D eigenvalue weighted by Crippen LogP contribution is 2.59. The quantitative estimate of drug-likeness (QED) is 0.895. The summed E-state index contributed by atoms with van der Waals surface area (Å²) in [7, 11) is 0. The number of carbonyl (C=O) groups is 2. The standard InChI is InChI=1S/C22H26N2O3/c1-12-6-14(13-2-3-13)4-5-16(12)19-17-9-24(10-18(17)19)20(25)15-7-22(8-15)11-27-21(26)23-22/h4-6,13,15,17-19H,2-3,7-11H2,1H3,(H,23,26)/t15?,17-,18+,19?,22?. The monoisotopic (exact) mass is 366 g/mol. The molecule has 0 bridgehead atoms. The highest BCUT2D eigenvalue weighted by molar-refractivity contribution is 5.82. The molecular formula is C22H26N2O3. The summed E-state index contributed by atoms with van der Waals surface area (Å²) in [6.45, 7) is 4.48. The lowest BCUT2D eigenvalue weighted by Crippen LogP contribution is -2.58. The van der Waals surface area contributed by atoms with Gasteiger partial charge in [0.05, 0.1) is 5.54 Å². The summed E-state index contributed by atoms with van der Waals surface area (Å²) in [5.74, 6) is 3.09. The first kappa shape index (κ1) is 16.0. The van der Waals surface area contributed by atoms with Crippen LogP contribution in [0.1, 0.15) is 54.2 Å². The number of cyclic esters (lactones) is 1. The molecule has 1 aromatic rings. The van der Waals surface area contributed by atoms with Gasteiger partial charge in [-0.2, -0.15) is 0 Å². The van der Waals surface area contributed by atoms with Gasteiger partial charge in [0.2, 0.25) is 5.91 Å². The molecule has 142 valence electrons. The van der Waals surface area contributed by atoms with E-state index in [-0.39, 0.29) is 23.5 Å². The van der Waals surface area contributed by atoms with E-state index in [2.05, 4.69) is 35.3 Å². The van der Waals surface area contributed by atoms with Crippen molar-refractivity contribution in [1.82, 2.24) is 10.2 Å². The molecule has 1 unspecified atom stereocenters. The number of carbonyl (C=O) groups excluding carboxylic acids is 2. The number of hydrogen-bond donors (Lipinski definition) is 1. The van der Waals surface area contributed by atoms with E-state index < -0.39 is 0 Å². The minimum Gasteiger partial charge on any atom is -0.447 e. The number of nitrogens with zero attached hydrogens (tertiary/aromatic N) is 1. The predicted octanol–water partition coefficient (Wildman–Crippen LogP) is 2.93. The average molecular weight is 366 g/mol. The SMILES string of the molecule is Cc1cc(C2CC2)ccc1C1[C@H]2CN(C(=O)C3CC4(COC(=O)N4)C3)C[C@@H]12. The Morgan fingerprint density at radius 2 is 1.96 bits per heavy atom. The third-order valence-electron chi connectivity index (χ3n) is 7.68. The van der Waals surface area contributed by atoms with Crippen molar-refractivity contribution in [3.8, 4) is 0 Å². The highest BCUT2D eigenvalue weighted by Gasteiger charge is 2.60. The summed E-state index contributed by atoms with van der Waals surface area (Å²) in [6.07, 6.45) is 3.82. The van der Waals surface area contributed by atoms with Crippen molar-refractivity contribution >= 4 is 12.0 Å². The van der Waals surface area contributed by atoms with Gasteiger partial charge in [0.1, 0.15) is 6.61 Å². The summed E-state index contributed by atoms with van der Waals surface area (Å²) < 4.78 is 5.01. The van der Waals surface area contributed by atoms with Gasteiger partial charge in [0, 0.05) is 19.0 Å². The number of rotatable bonds is 3. The topological polar surface area (TPSA) is 58.6 Å². The Kier molecular flexibility index (Phi) is 3.12. The van der Waals surface area contributed by atoms with Gasteiger partial charge < -0.3 is 15.0 Å². The zero-order chi connectivity index (χ0) is 18.3. The maximum Gasteiger partial charge on any atom is 0.407 e. The molecule has 1 aromatic carbocycles. The summed E-state index contributed by atoms with van der Waals surface area (Å²) >= 11 is 0. The first-order valence-corrected chi connectivity index (χ1v) is 10.4. The fourth-order valence-corrected chi connectivity index (χ4v) is 5.94. The van der Waals surface area contributed by atoms with Crippen molar-refractivity contribution in [2.45, 2.75) is 50.0 Å². The maximum absolute atomic E-state index is 12.8. The molecule has 5 fully saturated rings. The van der Waals surface area contributed by atoms with Crippen LogP contribution in [0.4, 0.5) is 4.79 Å². The number of aryl methyl sites for hydroxylation is 1. The van der Waals surface area contributed by atoms with Crippen LogP contribution in [-0.2, 0) is 9.53 Å². The van der Waals surface area contributed by atoms with E-state index in [4.69, 9.17) is 4.74 Å². The number of fused-ring (bicyclic) bond motifs is 1. The Balaban J connectivity index is 1.07. The van der Waals surface area contributed by atoms with Crippen LogP contribution < -0.4 is 5.32 Å². The van der Waals surface area contributed by atoms with E-state index >= 15 is 0 Å². The van der Waals surface area contributed by atoms with Gasteiger partial charge in [-0.3, -0.25) is 4.79 Å². The highest BCUT2D eigenvalue weighted by atomic mass is 16.6. The van der Waals surface area contributed by atoms with E-state index in [9.17, 15) is 9.59 Å².